The van der Waals surface area contributed by atoms with Crippen molar-refractivity contribution in [3.63, 3.8) is 0 Å². The van der Waals surface area contributed by atoms with Crippen molar-refractivity contribution in [1.29, 1.82) is 5.41 Å². The van der Waals surface area contributed by atoms with E-state index in [9.17, 15) is 0 Å². The van der Waals surface area contributed by atoms with Crippen LogP contribution in [-0.2, 0) is 4.74 Å². The van der Waals surface area contributed by atoms with Crippen LogP contribution in [0.2, 0.25) is 0 Å². The fourth-order valence-electron chi connectivity index (χ4n) is 1.94. The lowest BCUT2D eigenvalue weighted by molar-refractivity contribution is 0.0820. The zero-order valence-corrected chi connectivity index (χ0v) is 9.89. The molecule has 0 aliphatic carbocycles. The molecular formula is C11H17N5O. The Balaban J connectivity index is 2.28. The first-order valence-electron chi connectivity index (χ1n) is 5.70. The molecule has 1 aliphatic rings. The lowest BCUT2D eigenvalue weighted by Gasteiger charge is -2.24. The van der Waals surface area contributed by atoms with Crippen LogP contribution < -0.4 is 10.6 Å². The average Bonchev–Trinajstić information content (AvgIpc) is 2.54. The maximum absolute atomic E-state index is 7.52. The van der Waals surface area contributed by atoms with Crippen LogP contribution >= 0.6 is 0 Å². The molecule has 17 heavy (non-hydrogen) atoms. The van der Waals surface area contributed by atoms with Gasteiger partial charge in [-0.15, -0.1) is 0 Å². The number of ether oxygens (including phenoxy) is 1. The van der Waals surface area contributed by atoms with Crippen LogP contribution in [0.3, 0.4) is 0 Å². The number of anilines is 1. The lowest BCUT2D eigenvalue weighted by atomic mass is 10.3. The first-order valence-corrected chi connectivity index (χ1v) is 5.70. The molecule has 2 rings (SSSR count). The number of nitrogens with two attached hydrogens (primary N) is 1. The third kappa shape index (κ3) is 2.71. The molecule has 2 heterocycles. The van der Waals surface area contributed by atoms with Gasteiger partial charge in [-0.25, -0.2) is 9.97 Å². The summed E-state index contributed by atoms with van der Waals surface area (Å²) in [6.07, 6.45) is 4.27. The second-order valence-corrected chi connectivity index (χ2v) is 4.12. The van der Waals surface area contributed by atoms with Crippen molar-refractivity contribution in [2.45, 2.75) is 19.4 Å². The molecule has 1 fully saturated rings. The number of nitrogens with one attached hydrogen (secondary N) is 1. The minimum absolute atomic E-state index is 0.0501. The van der Waals surface area contributed by atoms with Crippen molar-refractivity contribution in [1.82, 2.24) is 9.97 Å². The van der Waals surface area contributed by atoms with E-state index in [0.717, 1.165) is 26.1 Å². The monoisotopic (exact) mass is 235 g/mol. The van der Waals surface area contributed by atoms with Crippen molar-refractivity contribution in [3.05, 3.63) is 18.1 Å². The van der Waals surface area contributed by atoms with Gasteiger partial charge in [0.15, 0.2) is 5.82 Å². The Morgan fingerprint density at radius 3 is 3.06 bits per heavy atom. The zero-order valence-electron chi connectivity index (χ0n) is 9.89. The SMILES string of the molecule is CC1CN(c2nccnc2C(=N)N)CCCO1. The largest absolute Gasteiger partial charge is 0.382 e. The van der Waals surface area contributed by atoms with E-state index in [4.69, 9.17) is 15.9 Å². The van der Waals surface area contributed by atoms with Crippen LogP contribution in [0.25, 0.3) is 0 Å². The molecule has 1 saturated heterocycles. The molecule has 6 nitrogen and oxygen atoms in total. The molecule has 92 valence electrons. The van der Waals surface area contributed by atoms with Crippen molar-refractivity contribution < 1.29 is 4.74 Å². The molecule has 0 radical (unpaired) electrons. The van der Waals surface area contributed by atoms with Gasteiger partial charge in [-0.2, -0.15) is 0 Å². The standard InChI is InChI=1S/C11H17N5O/c1-8-7-16(5-2-6-17-8)11-9(10(12)13)14-3-4-15-11/h3-4,8H,2,5-7H2,1H3,(H3,12,13). The maximum atomic E-state index is 7.52. The first kappa shape index (κ1) is 11.8. The van der Waals surface area contributed by atoms with Gasteiger partial charge in [-0.3, -0.25) is 5.41 Å². The molecule has 0 amide bonds. The van der Waals surface area contributed by atoms with Gasteiger partial charge in [0, 0.05) is 32.1 Å². The highest BCUT2D eigenvalue weighted by atomic mass is 16.5. The van der Waals surface area contributed by atoms with E-state index in [1.54, 1.807) is 12.4 Å². The zero-order chi connectivity index (χ0) is 12.3. The smallest absolute Gasteiger partial charge is 0.158 e. The van der Waals surface area contributed by atoms with E-state index in [1.807, 2.05) is 6.92 Å². The summed E-state index contributed by atoms with van der Waals surface area (Å²) in [5.41, 5.74) is 5.96. The van der Waals surface area contributed by atoms with Crippen LogP contribution in [0.15, 0.2) is 12.4 Å². The maximum Gasteiger partial charge on any atom is 0.158 e. The number of rotatable bonds is 2. The number of aromatic nitrogens is 2. The van der Waals surface area contributed by atoms with Gasteiger partial charge < -0.3 is 15.4 Å². The van der Waals surface area contributed by atoms with Gasteiger partial charge in [-0.05, 0) is 13.3 Å². The van der Waals surface area contributed by atoms with E-state index in [-0.39, 0.29) is 11.9 Å². The Hall–Kier alpha value is -1.69. The molecule has 0 bridgehead atoms. The van der Waals surface area contributed by atoms with Gasteiger partial charge in [0.05, 0.1) is 6.10 Å². The van der Waals surface area contributed by atoms with Crippen molar-refractivity contribution in [2.75, 3.05) is 24.6 Å². The van der Waals surface area contributed by atoms with Gasteiger partial charge in [0.2, 0.25) is 0 Å². The average molecular weight is 235 g/mol. The molecule has 3 N–H and O–H groups in total. The van der Waals surface area contributed by atoms with E-state index in [1.165, 1.54) is 0 Å². The molecule has 1 aliphatic heterocycles. The quantitative estimate of drug-likeness (QED) is 0.571. The van der Waals surface area contributed by atoms with Gasteiger partial charge in [0.25, 0.3) is 0 Å². The Kier molecular flexibility index (Phi) is 3.53. The summed E-state index contributed by atoms with van der Waals surface area (Å²) in [6, 6.07) is 0. The van der Waals surface area contributed by atoms with E-state index in [2.05, 4.69) is 14.9 Å². The lowest BCUT2D eigenvalue weighted by Crippen LogP contribution is -2.33. The van der Waals surface area contributed by atoms with Gasteiger partial charge >= 0.3 is 0 Å². The van der Waals surface area contributed by atoms with Crippen molar-refractivity contribution in [3.8, 4) is 0 Å². The minimum Gasteiger partial charge on any atom is -0.382 e. The number of nitrogen functional groups attached to an aromatic ring is 1. The number of amidine groups is 1. The fourth-order valence-corrected chi connectivity index (χ4v) is 1.94. The Morgan fingerprint density at radius 1 is 1.53 bits per heavy atom. The Bertz CT molecular complexity index is 409. The van der Waals surface area contributed by atoms with Crippen molar-refractivity contribution >= 4 is 11.7 Å². The molecular weight excluding hydrogens is 218 g/mol. The molecule has 1 aromatic rings. The van der Waals surface area contributed by atoms with E-state index < -0.39 is 0 Å². The fraction of sp³-hybridized carbons (Fsp3) is 0.545. The van der Waals surface area contributed by atoms with Gasteiger partial charge in [0.1, 0.15) is 11.5 Å². The molecule has 1 unspecified atom stereocenters. The summed E-state index contributed by atoms with van der Waals surface area (Å²) in [7, 11) is 0. The van der Waals surface area contributed by atoms with Crippen molar-refractivity contribution in [2.24, 2.45) is 5.73 Å². The third-order valence-electron chi connectivity index (χ3n) is 2.69. The number of hydrogen-bond donors (Lipinski definition) is 2. The van der Waals surface area contributed by atoms with Crippen LogP contribution in [0.4, 0.5) is 5.82 Å². The topological polar surface area (TPSA) is 88.1 Å². The highest BCUT2D eigenvalue weighted by Crippen LogP contribution is 2.17. The predicted octanol–water partition coefficient (Wildman–Crippen LogP) is 0.376. The summed E-state index contributed by atoms with van der Waals surface area (Å²) in [4.78, 5) is 10.5. The number of nitrogens with zero attached hydrogens (tertiary/aromatic N) is 3. The van der Waals surface area contributed by atoms with E-state index in [0.29, 0.717) is 11.5 Å². The van der Waals surface area contributed by atoms with Gasteiger partial charge in [-0.1, -0.05) is 0 Å². The summed E-state index contributed by atoms with van der Waals surface area (Å²) in [5.74, 6) is 0.628. The summed E-state index contributed by atoms with van der Waals surface area (Å²) in [5, 5.41) is 7.52. The minimum atomic E-state index is -0.0501. The molecule has 0 spiro atoms. The molecule has 1 atom stereocenters. The molecule has 0 aromatic carbocycles. The molecule has 6 heteroatoms. The molecule has 1 aromatic heterocycles. The van der Waals surface area contributed by atoms with Crippen LogP contribution in [0, 0.1) is 5.41 Å². The van der Waals surface area contributed by atoms with Crippen LogP contribution in [0.1, 0.15) is 19.0 Å². The predicted molar refractivity (Wildman–Crippen MR) is 65.3 cm³/mol. The normalized spacial score (nSPS) is 21.0. The summed E-state index contributed by atoms with van der Waals surface area (Å²) < 4.78 is 5.58. The van der Waals surface area contributed by atoms with E-state index >= 15 is 0 Å². The first-order chi connectivity index (χ1) is 8.18. The third-order valence-corrected chi connectivity index (χ3v) is 2.69. The summed E-state index contributed by atoms with van der Waals surface area (Å²) in [6.45, 7) is 4.39. The Morgan fingerprint density at radius 2 is 2.29 bits per heavy atom. The van der Waals surface area contributed by atoms with Crippen LogP contribution in [0.5, 0.6) is 0 Å². The highest BCUT2D eigenvalue weighted by molar-refractivity contribution is 5.97. The Labute approximate surface area is 100 Å². The van der Waals surface area contributed by atoms with Crippen LogP contribution in [-0.4, -0.2) is 41.6 Å². The highest BCUT2D eigenvalue weighted by Gasteiger charge is 2.20. The number of hydrogen-bond acceptors (Lipinski definition) is 5. The second-order valence-electron chi connectivity index (χ2n) is 4.12. The molecule has 0 saturated carbocycles. The second kappa shape index (κ2) is 5.09. The summed E-state index contributed by atoms with van der Waals surface area (Å²) >= 11 is 0.